The first-order valence-corrected chi connectivity index (χ1v) is 7.22. The second kappa shape index (κ2) is 7.04. The highest BCUT2D eigenvalue weighted by atomic mass is 32.2. The average molecular weight is 322 g/mol. The number of nitrogens with two attached hydrogens (primary N) is 1. The lowest BCUT2D eigenvalue weighted by molar-refractivity contribution is -0.113. The Morgan fingerprint density at radius 2 is 1.91 bits per heavy atom. The lowest BCUT2D eigenvalue weighted by atomic mass is 10.2. The van der Waals surface area contributed by atoms with Crippen molar-refractivity contribution >= 4 is 29.3 Å². The van der Waals surface area contributed by atoms with Gasteiger partial charge in [-0.05, 0) is 30.3 Å². The van der Waals surface area contributed by atoms with Crippen molar-refractivity contribution in [2.45, 2.75) is 4.90 Å². The standard InChI is InChI=1S/C15H12F2N2O2S/c16-10-4-5-13(12(17)7-10)22-8-14(20)19-11-3-1-2-9(6-11)15(18)21/h1-7H,8H2,(H2,18,21)(H,19,20). The van der Waals surface area contributed by atoms with Gasteiger partial charge in [-0.15, -0.1) is 11.8 Å². The van der Waals surface area contributed by atoms with Gasteiger partial charge in [-0.2, -0.15) is 0 Å². The molecule has 22 heavy (non-hydrogen) atoms. The monoisotopic (exact) mass is 322 g/mol. The topological polar surface area (TPSA) is 72.2 Å². The Morgan fingerprint density at radius 3 is 2.59 bits per heavy atom. The molecule has 0 spiro atoms. The van der Waals surface area contributed by atoms with Crippen LogP contribution in [0.1, 0.15) is 10.4 Å². The Hall–Kier alpha value is -2.41. The quantitative estimate of drug-likeness (QED) is 0.832. The van der Waals surface area contributed by atoms with Crippen molar-refractivity contribution < 1.29 is 18.4 Å². The summed E-state index contributed by atoms with van der Waals surface area (Å²) in [7, 11) is 0. The van der Waals surface area contributed by atoms with E-state index in [1.54, 1.807) is 12.1 Å². The number of hydrogen-bond donors (Lipinski definition) is 2. The summed E-state index contributed by atoms with van der Waals surface area (Å²) in [6.45, 7) is 0. The predicted octanol–water partition coefficient (Wildman–Crippen LogP) is 2.79. The third-order valence-corrected chi connectivity index (χ3v) is 3.73. The minimum absolute atomic E-state index is 0.0522. The van der Waals surface area contributed by atoms with Gasteiger partial charge in [-0.25, -0.2) is 8.78 Å². The van der Waals surface area contributed by atoms with Crippen LogP contribution in [0.15, 0.2) is 47.4 Å². The van der Waals surface area contributed by atoms with Crippen molar-refractivity contribution in [3.05, 3.63) is 59.7 Å². The van der Waals surface area contributed by atoms with E-state index < -0.39 is 17.5 Å². The Bertz CT molecular complexity index is 722. The molecule has 0 saturated carbocycles. The molecule has 0 aliphatic heterocycles. The van der Waals surface area contributed by atoms with E-state index in [4.69, 9.17) is 5.73 Å². The van der Waals surface area contributed by atoms with E-state index in [0.29, 0.717) is 5.69 Å². The van der Waals surface area contributed by atoms with Gasteiger partial charge < -0.3 is 11.1 Å². The number of benzene rings is 2. The second-order valence-corrected chi connectivity index (χ2v) is 5.37. The number of carbonyl (C=O) groups excluding carboxylic acids is 2. The van der Waals surface area contributed by atoms with Crippen molar-refractivity contribution in [1.29, 1.82) is 0 Å². The van der Waals surface area contributed by atoms with Gasteiger partial charge >= 0.3 is 0 Å². The third-order valence-electron chi connectivity index (χ3n) is 2.68. The fraction of sp³-hybridized carbons (Fsp3) is 0.0667. The van der Waals surface area contributed by atoms with Gasteiger partial charge in [0.1, 0.15) is 11.6 Å². The summed E-state index contributed by atoms with van der Waals surface area (Å²) < 4.78 is 26.2. The molecule has 0 aliphatic carbocycles. The molecule has 0 unspecified atom stereocenters. The summed E-state index contributed by atoms with van der Waals surface area (Å²) in [6.07, 6.45) is 0. The largest absolute Gasteiger partial charge is 0.366 e. The summed E-state index contributed by atoms with van der Waals surface area (Å²) in [5.41, 5.74) is 5.84. The van der Waals surface area contributed by atoms with E-state index >= 15 is 0 Å². The molecule has 0 atom stereocenters. The van der Waals surface area contributed by atoms with Crippen LogP contribution in [-0.4, -0.2) is 17.6 Å². The molecule has 0 bridgehead atoms. The zero-order valence-electron chi connectivity index (χ0n) is 11.3. The number of anilines is 1. The number of primary amides is 1. The van der Waals surface area contributed by atoms with Crippen LogP contribution in [0.3, 0.4) is 0 Å². The molecule has 3 N–H and O–H groups in total. The lowest BCUT2D eigenvalue weighted by Gasteiger charge is -2.07. The molecule has 2 amide bonds. The van der Waals surface area contributed by atoms with Crippen LogP contribution < -0.4 is 11.1 Å². The van der Waals surface area contributed by atoms with Crippen LogP contribution >= 0.6 is 11.8 Å². The molecule has 4 nitrogen and oxygen atoms in total. The van der Waals surface area contributed by atoms with Crippen LogP contribution in [0.4, 0.5) is 14.5 Å². The Labute approximate surface area is 129 Å². The van der Waals surface area contributed by atoms with E-state index in [2.05, 4.69) is 5.32 Å². The molecule has 0 radical (unpaired) electrons. The van der Waals surface area contributed by atoms with Crippen molar-refractivity contribution in [3.8, 4) is 0 Å². The summed E-state index contributed by atoms with van der Waals surface area (Å²) >= 11 is 0.948. The maximum absolute atomic E-state index is 13.4. The molecule has 114 valence electrons. The predicted molar refractivity (Wildman–Crippen MR) is 80.7 cm³/mol. The van der Waals surface area contributed by atoms with Gasteiger partial charge in [0.15, 0.2) is 0 Å². The third kappa shape index (κ3) is 4.29. The van der Waals surface area contributed by atoms with Crippen molar-refractivity contribution in [1.82, 2.24) is 0 Å². The highest BCUT2D eigenvalue weighted by Gasteiger charge is 2.09. The van der Waals surface area contributed by atoms with Crippen LogP contribution in [0, 0.1) is 11.6 Å². The van der Waals surface area contributed by atoms with Gasteiger partial charge in [-0.1, -0.05) is 6.07 Å². The maximum Gasteiger partial charge on any atom is 0.248 e. The van der Waals surface area contributed by atoms with Crippen molar-refractivity contribution in [2.24, 2.45) is 5.73 Å². The Kier molecular flexibility index (Phi) is 5.11. The molecular formula is C15H12F2N2O2S. The van der Waals surface area contributed by atoms with Crippen LogP contribution in [0.5, 0.6) is 0 Å². The van der Waals surface area contributed by atoms with Crippen LogP contribution in [0.2, 0.25) is 0 Å². The van der Waals surface area contributed by atoms with Crippen LogP contribution in [-0.2, 0) is 4.79 Å². The highest BCUT2D eigenvalue weighted by molar-refractivity contribution is 8.00. The Balaban J connectivity index is 1.95. The van der Waals surface area contributed by atoms with Gasteiger partial charge in [0.25, 0.3) is 0 Å². The number of hydrogen-bond acceptors (Lipinski definition) is 3. The van der Waals surface area contributed by atoms with Crippen LogP contribution in [0.25, 0.3) is 0 Å². The lowest BCUT2D eigenvalue weighted by Crippen LogP contribution is -2.15. The highest BCUT2D eigenvalue weighted by Crippen LogP contribution is 2.22. The normalized spacial score (nSPS) is 10.3. The van der Waals surface area contributed by atoms with Gasteiger partial charge in [0.05, 0.1) is 5.75 Å². The molecule has 0 heterocycles. The summed E-state index contributed by atoms with van der Waals surface area (Å²) in [5, 5.41) is 2.57. The molecular weight excluding hydrogens is 310 g/mol. The minimum Gasteiger partial charge on any atom is -0.366 e. The average Bonchev–Trinajstić information content (AvgIpc) is 2.46. The minimum atomic E-state index is -0.714. The first-order chi connectivity index (χ1) is 10.5. The molecule has 2 aromatic rings. The number of rotatable bonds is 5. The molecule has 7 heteroatoms. The molecule has 0 saturated heterocycles. The summed E-state index contributed by atoms with van der Waals surface area (Å²) in [4.78, 5) is 23.0. The fourth-order valence-corrected chi connectivity index (χ4v) is 2.40. The zero-order chi connectivity index (χ0) is 16.1. The molecule has 0 aliphatic rings. The molecule has 0 aromatic heterocycles. The van der Waals surface area contributed by atoms with E-state index in [1.165, 1.54) is 18.2 Å². The second-order valence-electron chi connectivity index (χ2n) is 4.36. The number of thioether (sulfide) groups is 1. The van der Waals surface area contributed by atoms with E-state index in [-0.39, 0.29) is 22.1 Å². The zero-order valence-corrected chi connectivity index (χ0v) is 12.1. The Morgan fingerprint density at radius 1 is 1.14 bits per heavy atom. The SMILES string of the molecule is NC(=O)c1cccc(NC(=O)CSc2ccc(F)cc2F)c1. The molecule has 0 fully saturated rings. The smallest absolute Gasteiger partial charge is 0.248 e. The van der Waals surface area contributed by atoms with E-state index in [9.17, 15) is 18.4 Å². The van der Waals surface area contributed by atoms with Gasteiger partial charge in [0, 0.05) is 22.2 Å². The summed E-state index contributed by atoms with van der Waals surface area (Å²) in [5.74, 6) is -2.42. The van der Waals surface area contributed by atoms with Gasteiger partial charge in [0.2, 0.25) is 11.8 Å². The number of nitrogens with one attached hydrogen (secondary N) is 1. The maximum atomic E-state index is 13.4. The first kappa shape index (κ1) is 16.0. The van der Waals surface area contributed by atoms with E-state index in [1.807, 2.05) is 0 Å². The first-order valence-electron chi connectivity index (χ1n) is 6.23. The molecule has 2 aromatic carbocycles. The number of amides is 2. The van der Waals surface area contributed by atoms with Crippen molar-refractivity contribution in [2.75, 3.05) is 11.1 Å². The molecule has 2 rings (SSSR count). The van der Waals surface area contributed by atoms with Gasteiger partial charge in [-0.3, -0.25) is 9.59 Å². The fourth-order valence-electron chi connectivity index (χ4n) is 1.68. The summed E-state index contributed by atoms with van der Waals surface area (Å²) in [6, 6.07) is 9.33. The van der Waals surface area contributed by atoms with E-state index in [0.717, 1.165) is 23.9 Å². The number of halogens is 2. The number of carbonyl (C=O) groups is 2. The van der Waals surface area contributed by atoms with Crippen molar-refractivity contribution in [3.63, 3.8) is 0 Å².